The lowest BCUT2D eigenvalue weighted by atomic mass is 10.0. The van der Waals surface area contributed by atoms with E-state index in [9.17, 15) is 9.59 Å². The number of carbonyl (C=O) groups is 1. The van der Waals surface area contributed by atoms with Crippen LogP contribution in [0.1, 0.15) is 21.5 Å². The number of aromatic amines is 1. The van der Waals surface area contributed by atoms with Crippen LogP contribution in [0.2, 0.25) is 0 Å². The second kappa shape index (κ2) is 5.49. The third-order valence-electron chi connectivity index (χ3n) is 4.37. The molecule has 2 heterocycles. The van der Waals surface area contributed by atoms with Crippen LogP contribution in [-0.2, 0) is 13.0 Å². The zero-order chi connectivity index (χ0) is 16.7. The van der Waals surface area contributed by atoms with Crippen molar-refractivity contribution in [3.63, 3.8) is 0 Å². The number of rotatable bonds is 2. The van der Waals surface area contributed by atoms with Gasteiger partial charge in [0.1, 0.15) is 0 Å². The van der Waals surface area contributed by atoms with Crippen LogP contribution in [0.25, 0.3) is 10.9 Å². The number of carboxylic acid groups (broad SMARTS) is 1. The molecule has 0 amide bonds. The number of aromatic carboxylic acids is 1. The molecule has 0 radical (unpaired) electrons. The molecule has 24 heavy (non-hydrogen) atoms. The highest BCUT2D eigenvalue weighted by molar-refractivity contribution is 5.93. The fraction of sp³-hybridized carbons (Fsp3) is 0.167. The molecule has 0 saturated carbocycles. The summed E-state index contributed by atoms with van der Waals surface area (Å²) in [5.74, 6) is -0.558. The first kappa shape index (κ1) is 14.4. The Kier molecular flexibility index (Phi) is 3.30. The Morgan fingerprint density at radius 3 is 2.75 bits per heavy atom. The highest BCUT2D eigenvalue weighted by Gasteiger charge is 2.19. The van der Waals surface area contributed by atoms with Gasteiger partial charge >= 0.3 is 5.97 Å². The second-order valence-electron chi connectivity index (χ2n) is 5.87. The monoisotopic (exact) mass is 321 g/mol. The third kappa shape index (κ3) is 2.42. The van der Waals surface area contributed by atoms with Crippen LogP contribution >= 0.6 is 0 Å². The number of fused-ring (bicyclic) bond motifs is 2. The molecule has 1 aromatic heterocycles. The predicted octanol–water partition coefficient (Wildman–Crippen LogP) is 2.18. The molecule has 0 fully saturated rings. The van der Waals surface area contributed by atoms with Crippen molar-refractivity contribution in [3.8, 4) is 0 Å². The van der Waals surface area contributed by atoms with Crippen LogP contribution in [-0.4, -0.2) is 27.6 Å². The van der Waals surface area contributed by atoms with E-state index in [0.717, 1.165) is 13.0 Å². The maximum atomic E-state index is 12.3. The quantitative estimate of drug-likeness (QED) is 0.755. The Morgan fingerprint density at radius 1 is 1.17 bits per heavy atom. The van der Waals surface area contributed by atoms with Crippen LogP contribution in [0.5, 0.6) is 0 Å². The molecule has 2 N–H and O–H groups in total. The number of nitrogens with one attached hydrogen (secondary N) is 1. The number of hydrogen-bond acceptors (Lipinski definition) is 4. The topological polar surface area (TPSA) is 86.3 Å². The molecule has 0 saturated heterocycles. The van der Waals surface area contributed by atoms with Gasteiger partial charge in [0.25, 0.3) is 5.56 Å². The average Bonchev–Trinajstić information content (AvgIpc) is 2.60. The van der Waals surface area contributed by atoms with Gasteiger partial charge in [-0.3, -0.25) is 9.78 Å². The van der Waals surface area contributed by atoms with E-state index in [1.165, 1.54) is 29.3 Å². The number of H-pyrrole nitrogens is 1. The first-order valence-corrected chi connectivity index (χ1v) is 7.71. The molecule has 1 aliphatic rings. The normalized spacial score (nSPS) is 13.8. The van der Waals surface area contributed by atoms with E-state index in [-0.39, 0.29) is 11.1 Å². The minimum absolute atomic E-state index is 0.121. The SMILES string of the molecule is O=C(O)c1ccc2c(=O)[nH]c(N3CCc4ccccc4C3)nc2c1. The Hall–Kier alpha value is -3.15. The highest BCUT2D eigenvalue weighted by atomic mass is 16.4. The van der Waals surface area contributed by atoms with E-state index in [1.54, 1.807) is 0 Å². The van der Waals surface area contributed by atoms with Crippen molar-refractivity contribution in [1.29, 1.82) is 0 Å². The first-order valence-electron chi connectivity index (χ1n) is 7.71. The largest absolute Gasteiger partial charge is 0.478 e. The number of benzene rings is 2. The summed E-state index contributed by atoms with van der Waals surface area (Å²) in [6, 6.07) is 12.6. The van der Waals surface area contributed by atoms with Crippen LogP contribution in [0.3, 0.4) is 0 Å². The minimum atomic E-state index is -1.03. The van der Waals surface area contributed by atoms with E-state index >= 15 is 0 Å². The molecule has 120 valence electrons. The van der Waals surface area contributed by atoms with Gasteiger partial charge in [-0.15, -0.1) is 0 Å². The van der Waals surface area contributed by atoms with Gasteiger partial charge in [0, 0.05) is 13.1 Å². The lowest BCUT2D eigenvalue weighted by Crippen LogP contribution is -2.33. The Morgan fingerprint density at radius 2 is 1.96 bits per heavy atom. The van der Waals surface area contributed by atoms with Crippen molar-refractivity contribution in [3.05, 3.63) is 69.5 Å². The predicted molar refractivity (Wildman–Crippen MR) is 90.5 cm³/mol. The molecule has 3 aromatic rings. The van der Waals surface area contributed by atoms with E-state index < -0.39 is 5.97 Å². The summed E-state index contributed by atoms with van der Waals surface area (Å²) in [5, 5.41) is 9.51. The average molecular weight is 321 g/mol. The number of anilines is 1. The zero-order valence-corrected chi connectivity index (χ0v) is 12.8. The maximum absolute atomic E-state index is 12.3. The molecule has 0 atom stereocenters. The van der Waals surface area contributed by atoms with E-state index in [0.29, 0.717) is 23.4 Å². The van der Waals surface area contributed by atoms with E-state index in [2.05, 4.69) is 22.1 Å². The Balaban J connectivity index is 1.77. The van der Waals surface area contributed by atoms with E-state index in [1.807, 2.05) is 17.0 Å². The van der Waals surface area contributed by atoms with Gasteiger partial charge in [0.2, 0.25) is 5.95 Å². The summed E-state index contributed by atoms with van der Waals surface area (Å²) in [6.07, 6.45) is 0.882. The van der Waals surface area contributed by atoms with Gasteiger partial charge in [-0.2, -0.15) is 0 Å². The van der Waals surface area contributed by atoms with Crippen molar-refractivity contribution in [2.45, 2.75) is 13.0 Å². The molecule has 4 rings (SSSR count). The minimum Gasteiger partial charge on any atom is -0.478 e. The van der Waals surface area contributed by atoms with Crippen LogP contribution in [0.15, 0.2) is 47.3 Å². The van der Waals surface area contributed by atoms with Gasteiger partial charge in [0.05, 0.1) is 16.5 Å². The second-order valence-corrected chi connectivity index (χ2v) is 5.87. The lowest BCUT2D eigenvalue weighted by Gasteiger charge is -2.29. The highest BCUT2D eigenvalue weighted by Crippen LogP contribution is 2.22. The number of hydrogen-bond donors (Lipinski definition) is 2. The van der Waals surface area contributed by atoms with Crippen molar-refractivity contribution in [1.82, 2.24) is 9.97 Å². The van der Waals surface area contributed by atoms with Crippen LogP contribution in [0.4, 0.5) is 5.95 Å². The summed E-state index contributed by atoms with van der Waals surface area (Å²) < 4.78 is 0. The number of aromatic nitrogens is 2. The van der Waals surface area contributed by atoms with Crippen molar-refractivity contribution in [2.75, 3.05) is 11.4 Å². The molecule has 0 unspecified atom stereocenters. The molecule has 2 aromatic carbocycles. The lowest BCUT2D eigenvalue weighted by molar-refractivity contribution is 0.0697. The molecule has 6 heteroatoms. The maximum Gasteiger partial charge on any atom is 0.335 e. The molecule has 0 bridgehead atoms. The van der Waals surface area contributed by atoms with Crippen molar-refractivity contribution >= 4 is 22.8 Å². The number of carboxylic acids is 1. The van der Waals surface area contributed by atoms with Gasteiger partial charge in [0.15, 0.2) is 0 Å². The van der Waals surface area contributed by atoms with Crippen molar-refractivity contribution < 1.29 is 9.90 Å². The first-order chi connectivity index (χ1) is 11.6. The summed E-state index contributed by atoms with van der Waals surface area (Å²) in [4.78, 5) is 32.7. The summed E-state index contributed by atoms with van der Waals surface area (Å²) in [5.41, 5.74) is 2.78. The molecule has 1 aliphatic heterocycles. The van der Waals surface area contributed by atoms with Gasteiger partial charge in [-0.05, 0) is 35.7 Å². The van der Waals surface area contributed by atoms with Crippen LogP contribution < -0.4 is 10.5 Å². The number of nitrogens with zero attached hydrogens (tertiary/aromatic N) is 2. The summed E-state index contributed by atoms with van der Waals surface area (Å²) >= 11 is 0. The van der Waals surface area contributed by atoms with Crippen LogP contribution in [0, 0.1) is 0 Å². The fourth-order valence-electron chi connectivity index (χ4n) is 3.09. The molecular weight excluding hydrogens is 306 g/mol. The molecule has 0 spiro atoms. The standard InChI is InChI=1S/C18H15N3O3/c22-16-14-6-5-12(17(23)24)9-15(14)19-18(20-16)21-8-7-11-3-1-2-4-13(11)10-21/h1-6,9H,7-8,10H2,(H,23,24)(H,19,20,22). The van der Waals surface area contributed by atoms with Gasteiger partial charge in [-0.25, -0.2) is 9.78 Å². The van der Waals surface area contributed by atoms with Crippen molar-refractivity contribution in [2.24, 2.45) is 0 Å². The summed E-state index contributed by atoms with van der Waals surface area (Å²) in [6.45, 7) is 1.42. The zero-order valence-electron chi connectivity index (χ0n) is 12.8. The molecular formula is C18H15N3O3. The molecule has 6 nitrogen and oxygen atoms in total. The Bertz CT molecular complexity index is 1010. The third-order valence-corrected chi connectivity index (χ3v) is 4.37. The fourth-order valence-corrected chi connectivity index (χ4v) is 3.09. The smallest absolute Gasteiger partial charge is 0.335 e. The summed E-state index contributed by atoms with van der Waals surface area (Å²) in [7, 11) is 0. The van der Waals surface area contributed by atoms with E-state index in [4.69, 9.17) is 5.11 Å². The Labute approximate surface area is 137 Å². The van der Waals surface area contributed by atoms with Gasteiger partial charge in [-0.1, -0.05) is 24.3 Å². The molecule has 0 aliphatic carbocycles. The van der Waals surface area contributed by atoms with Gasteiger partial charge < -0.3 is 10.0 Å².